The Morgan fingerprint density at radius 3 is 3.06 bits per heavy atom. The van der Waals surface area contributed by atoms with Gasteiger partial charge in [-0.1, -0.05) is 12.1 Å². The first-order valence-electron chi connectivity index (χ1n) is 5.22. The number of hydrogen-bond donors (Lipinski definition) is 1. The average Bonchev–Trinajstić information content (AvgIpc) is 2.74. The molecule has 0 radical (unpaired) electrons. The summed E-state index contributed by atoms with van der Waals surface area (Å²) in [5.74, 6) is 0. The van der Waals surface area contributed by atoms with Crippen LogP contribution in [0, 0.1) is 0 Å². The van der Waals surface area contributed by atoms with Crippen molar-refractivity contribution in [2.24, 2.45) is 4.99 Å². The molecule has 0 saturated carbocycles. The fourth-order valence-electron chi connectivity index (χ4n) is 1.88. The van der Waals surface area contributed by atoms with Crippen LogP contribution < -0.4 is 5.56 Å². The van der Waals surface area contributed by atoms with Crippen molar-refractivity contribution in [2.75, 3.05) is 7.05 Å². The third-order valence-electron chi connectivity index (χ3n) is 2.65. The van der Waals surface area contributed by atoms with E-state index in [-0.39, 0.29) is 5.56 Å². The van der Waals surface area contributed by atoms with Gasteiger partial charge in [-0.3, -0.25) is 14.9 Å². The minimum atomic E-state index is -0.0960. The zero-order chi connectivity index (χ0) is 11.8. The molecule has 5 nitrogen and oxygen atoms in total. The molecular weight excluding hydrogens is 216 g/mol. The highest BCUT2D eigenvalue weighted by molar-refractivity contribution is 5.89. The van der Waals surface area contributed by atoms with Gasteiger partial charge in [0.1, 0.15) is 0 Å². The van der Waals surface area contributed by atoms with Gasteiger partial charge in [0, 0.05) is 19.5 Å². The summed E-state index contributed by atoms with van der Waals surface area (Å²) in [5, 5.41) is 3.49. The van der Waals surface area contributed by atoms with E-state index in [1.807, 2.05) is 18.2 Å². The average molecular weight is 226 g/mol. The maximum absolute atomic E-state index is 12.2. The van der Waals surface area contributed by atoms with E-state index in [4.69, 9.17) is 0 Å². The fraction of sp³-hybridized carbons (Fsp3) is 0.0833. The number of aromatic nitrogens is 3. The van der Waals surface area contributed by atoms with Crippen LogP contribution >= 0.6 is 0 Å². The summed E-state index contributed by atoms with van der Waals surface area (Å²) in [4.78, 5) is 20.5. The van der Waals surface area contributed by atoms with Gasteiger partial charge in [0.15, 0.2) is 5.65 Å². The van der Waals surface area contributed by atoms with Crippen molar-refractivity contribution in [3.8, 4) is 0 Å². The molecule has 0 bridgehead atoms. The van der Waals surface area contributed by atoms with Crippen LogP contribution in [0.5, 0.6) is 0 Å². The monoisotopic (exact) mass is 226 g/mol. The lowest BCUT2D eigenvalue weighted by Gasteiger charge is -1.98. The van der Waals surface area contributed by atoms with Gasteiger partial charge in [-0.25, -0.2) is 9.50 Å². The lowest BCUT2D eigenvalue weighted by Crippen LogP contribution is -2.15. The van der Waals surface area contributed by atoms with Gasteiger partial charge < -0.3 is 0 Å². The summed E-state index contributed by atoms with van der Waals surface area (Å²) in [6, 6.07) is 7.29. The Hall–Kier alpha value is -2.43. The number of H-pyrrole nitrogens is 1. The van der Waals surface area contributed by atoms with E-state index in [1.54, 1.807) is 25.5 Å². The van der Waals surface area contributed by atoms with Gasteiger partial charge in [0.25, 0.3) is 5.56 Å². The van der Waals surface area contributed by atoms with E-state index in [2.05, 4.69) is 15.1 Å². The van der Waals surface area contributed by atoms with Crippen molar-refractivity contribution in [1.82, 2.24) is 14.6 Å². The molecule has 17 heavy (non-hydrogen) atoms. The number of benzene rings is 1. The quantitative estimate of drug-likeness (QED) is 0.634. The predicted molar refractivity (Wildman–Crippen MR) is 66.8 cm³/mol. The van der Waals surface area contributed by atoms with Crippen molar-refractivity contribution in [1.29, 1.82) is 0 Å². The number of hydrogen-bond acceptors (Lipinski definition) is 3. The SMILES string of the molecule is CN=Cc1c[nH]n2c(=O)c3ccccc3nc12. The molecule has 1 aromatic carbocycles. The molecule has 84 valence electrons. The summed E-state index contributed by atoms with van der Waals surface area (Å²) in [7, 11) is 1.68. The third kappa shape index (κ3) is 1.36. The van der Waals surface area contributed by atoms with Crippen LogP contribution in [0.2, 0.25) is 0 Å². The molecule has 0 spiro atoms. The number of rotatable bonds is 1. The Morgan fingerprint density at radius 2 is 2.24 bits per heavy atom. The molecule has 3 aromatic rings. The molecule has 0 fully saturated rings. The van der Waals surface area contributed by atoms with E-state index in [0.717, 1.165) is 5.56 Å². The van der Waals surface area contributed by atoms with Crippen LogP contribution in [0.1, 0.15) is 5.56 Å². The zero-order valence-corrected chi connectivity index (χ0v) is 9.21. The molecule has 0 saturated heterocycles. The standard InChI is InChI=1S/C12H10N4O/c1-13-6-8-7-14-16-11(8)15-10-5-3-2-4-9(10)12(16)17/h2-7,14H,1H3. The van der Waals surface area contributed by atoms with Crippen LogP contribution in [0.15, 0.2) is 40.2 Å². The molecule has 2 aromatic heterocycles. The topological polar surface area (TPSA) is 62.5 Å². The Bertz CT molecular complexity index is 782. The van der Waals surface area contributed by atoms with Gasteiger partial charge in [-0.15, -0.1) is 0 Å². The maximum Gasteiger partial charge on any atom is 0.280 e. The number of nitrogens with zero attached hydrogens (tertiary/aromatic N) is 3. The van der Waals surface area contributed by atoms with Crippen molar-refractivity contribution >= 4 is 22.8 Å². The maximum atomic E-state index is 12.2. The summed E-state index contributed by atoms with van der Waals surface area (Å²) in [6.07, 6.45) is 3.39. The highest BCUT2D eigenvalue weighted by Gasteiger charge is 2.08. The van der Waals surface area contributed by atoms with Crippen LogP contribution in [-0.4, -0.2) is 27.9 Å². The smallest absolute Gasteiger partial charge is 0.280 e. The van der Waals surface area contributed by atoms with E-state index < -0.39 is 0 Å². The highest BCUT2D eigenvalue weighted by Crippen LogP contribution is 2.10. The molecule has 0 aliphatic carbocycles. The molecule has 5 heteroatoms. The molecule has 0 aliphatic heterocycles. The van der Waals surface area contributed by atoms with E-state index >= 15 is 0 Å². The molecule has 0 amide bonds. The normalized spacial score (nSPS) is 11.8. The third-order valence-corrected chi connectivity index (χ3v) is 2.65. The van der Waals surface area contributed by atoms with Gasteiger partial charge in [-0.2, -0.15) is 0 Å². The zero-order valence-electron chi connectivity index (χ0n) is 9.21. The lowest BCUT2D eigenvalue weighted by molar-refractivity contribution is 0.915. The lowest BCUT2D eigenvalue weighted by atomic mass is 10.2. The van der Waals surface area contributed by atoms with Gasteiger partial charge in [0.05, 0.1) is 16.5 Å². The van der Waals surface area contributed by atoms with E-state index in [9.17, 15) is 4.79 Å². The minimum Gasteiger partial charge on any atom is -0.296 e. The van der Waals surface area contributed by atoms with Crippen molar-refractivity contribution in [3.63, 3.8) is 0 Å². The summed E-state index contributed by atoms with van der Waals surface area (Å²) >= 11 is 0. The first-order valence-corrected chi connectivity index (χ1v) is 5.22. The number of para-hydroxylation sites is 1. The Labute approximate surface area is 96.4 Å². The molecule has 2 heterocycles. The second-order valence-electron chi connectivity index (χ2n) is 3.71. The molecule has 1 N–H and O–H groups in total. The molecule has 0 atom stereocenters. The van der Waals surface area contributed by atoms with Crippen molar-refractivity contribution in [2.45, 2.75) is 0 Å². The van der Waals surface area contributed by atoms with E-state index in [0.29, 0.717) is 16.6 Å². The van der Waals surface area contributed by atoms with Crippen LogP contribution in [0.3, 0.4) is 0 Å². The number of aromatic amines is 1. The number of nitrogens with one attached hydrogen (secondary N) is 1. The molecular formula is C12H10N4O. The fourth-order valence-corrected chi connectivity index (χ4v) is 1.88. The second kappa shape index (κ2) is 3.55. The van der Waals surface area contributed by atoms with Gasteiger partial charge in [0.2, 0.25) is 0 Å². The van der Waals surface area contributed by atoms with Crippen LogP contribution in [0.25, 0.3) is 16.6 Å². The predicted octanol–water partition coefficient (Wildman–Crippen LogP) is 1.22. The summed E-state index contributed by atoms with van der Waals surface area (Å²) in [5.41, 5.74) is 2.00. The number of aliphatic imine (C=N–C) groups is 1. The first kappa shape index (κ1) is 9.77. The Morgan fingerprint density at radius 1 is 1.41 bits per heavy atom. The second-order valence-corrected chi connectivity index (χ2v) is 3.71. The number of fused-ring (bicyclic) bond motifs is 2. The van der Waals surface area contributed by atoms with Gasteiger partial charge >= 0.3 is 0 Å². The summed E-state index contributed by atoms with van der Waals surface area (Å²) in [6.45, 7) is 0. The molecule has 3 rings (SSSR count). The van der Waals surface area contributed by atoms with Crippen LogP contribution in [0.4, 0.5) is 0 Å². The highest BCUT2D eigenvalue weighted by atomic mass is 16.1. The first-order chi connectivity index (χ1) is 8.31. The van der Waals surface area contributed by atoms with E-state index in [1.165, 1.54) is 4.52 Å². The van der Waals surface area contributed by atoms with Crippen LogP contribution in [-0.2, 0) is 0 Å². The molecule has 0 aliphatic rings. The Kier molecular flexibility index (Phi) is 2.04. The Balaban J connectivity index is 2.52. The minimum absolute atomic E-state index is 0.0960. The van der Waals surface area contributed by atoms with Crippen molar-refractivity contribution in [3.05, 3.63) is 46.4 Å². The molecule has 0 unspecified atom stereocenters. The van der Waals surface area contributed by atoms with Crippen molar-refractivity contribution < 1.29 is 0 Å². The van der Waals surface area contributed by atoms with Gasteiger partial charge in [-0.05, 0) is 12.1 Å². The summed E-state index contributed by atoms with van der Waals surface area (Å²) < 4.78 is 1.43. The largest absolute Gasteiger partial charge is 0.296 e.